The Morgan fingerprint density at radius 1 is 1.17 bits per heavy atom. The minimum absolute atomic E-state index is 0.0994. The lowest BCUT2D eigenvalue weighted by Gasteiger charge is -2.21. The summed E-state index contributed by atoms with van der Waals surface area (Å²) in [6.07, 6.45) is 2.11. The van der Waals surface area contributed by atoms with Gasteiger partial charge in [-0.15, -0.1) is 11.3 Å². The van der Waals surface area contributed by atoms with Gasteiger partial charge in [0.05, 0.1) is 21.7 Å². The molecule has 124 valence electrons. The maximum Gasteiger partial charge on any atom is 0.254 e. The summed E-state index contributed by atoms with van der Waals surface area (Å²) in [6, 6.07) is 13.9. The second kappa shape index (κ2) is 7.58. The van der Waals surface area contributed by atoms with Crippen LogP contribution in [0.3, 0.4) is 0 Å². The Morgan fingerprint density at radius 2 is 2.00 bits per heavy atom. The molecule has 0 fully saturated rings. The lowest BCUT2D eigenvalue weighted by atomic mass is 10.1. The number of para-hydroxylation sites is 1. The summed E-state index contributed by atoms with van der Waals surface area (Å²) in [6.45, 7) is 5.72. The van der Waals surface area contributed by atoms with Crippen molar-refractivity contribution in [3.05, 3.63) is 53.4 Å². The molecule has 3 aromatic rings. The van der Waals surface area contributed by atoms with Crippen molar-refractivity contribution >= 4 is 28.1 Å². The van der Waals surface area contributed by atoms with Crippen molar-refractivity contribution in [1.29, 1.82) is 0 Å². The van der Waals surface area contributed by atoms with E-state index in [0.29, 0.717) is 0 Å². The lowest BCUT2D eigenvalue weighted by Crippen LogP contribution is -2.32. The van der Waals surface area contributed by atoms with Crippen molar-refractivity contribution in [2.75, 3.05) is 13.1 Å². The first-order chi connectivity index (χ1) is 11.7. The molecule has 0 N–H and O–H groups in total. The molecule has 0 saturated heterocycles. The van der Waals surface area contributed by atoms with Crippen molar-refractivity contribution in [3.8, 4) is 10.6 Å². The fourth-order valence-electron chi connectivity index (χ4n) is 2.83. The molecule has 4 heteroatoms. The molecule has 0 aliphatic rings. The second-order valence-electron chi connectivity index (χ2n) is 5.79. The standard InChI is InChI=1S/C20H22N2OS/c1-3-5-12-22(4-2)20(23)16-14-18(19-11-8-13-24-19)21-17-10-7-6-9-15(16)17/h6-11,13-14H,3-5,12H2,1-2H3. The smallest absolute Gasteiger partial charge is 0.254 e. The molecule has 0 saturated carbocycles. The maximum absolute atomic E-state index is 13.1. The van der Waals surface area contributed by atoms with Gasteiger partial charge in [0.1, 0.15) is 0 Å². The summed E-state index contributed by atoms with van der Waals surface area (Å²) in [5.74, 6) is 0.0994. The predicted octanol–water partition coefficient (Wildman–Crippen LogP) is 5.23. The fraction of sp³-hybridized carbons (Fsp3) is 0.300. The topological polar surface area (TPSA) is 33.2 Å². The zero-order valence-corrected chi connectivity index (χ0v) is 15.0. The van der Waals surface area contributed by atoms with Crippen LogP contribution in [-0.4, -0.2) is 28.9 Å². The summed E-state index contributed by atoms with van der Waals surface area (Å²) in [5.41, 5.74) is 2.50. The van der Waals surface area contributed by atoms with Crippen molar-refractivity contribution in [2.24, 2.45) is 0 Å². The van der Waals surface area contributed by atoms with Gasteiger partial charge in [-0.25, -0.2) is 4.98 Å². The second-order valence-corrected chi connectivity index (χ2v) is 6.74. The molecule has 0 spiro atoms. The molecular formula is C20H22N2OS. The Kier molecular flexibility index (Phi) is 5.26. The highest BCUT2D eigenvalue weighted by molar-refractivity contribution is 7.13. The molecule has 1 amide bonds. The van der Waals surface area contributed by atoms with E-state index in [1.165, 1.54) is 0 Å². The van der Waals surface area contributed by atoms with E-state index < -0.39 is 0 Å². The molecule has 0 unspecified atom stereocenters. The zero-order valence-electron chi connectivity index (χ0n) is 14.2. The van der Waals surface area contributed by atoms with E-state index in [4.69, 9.17) is 4.98 Å². The number of nitrogens with zero attached hydrogens (tertiary/aromatic N) is 2. The number of pyridine rings is 1. The number of benzene rings is 1. The number of thiophene rings is 1. The third kappa shape index (κ3) is 3.34. The zero-order chi connectivity index (χ0) is 16.9. The molecule has 2 heterocycles. The van der Waals surface area contributed by atoms with Crippen molar-refractivity contribution in [1.82, 2.24) is 9.88 Å². The highest BCUT2D eigenvalue weighted by Gasteiger charge is 2.18. The van der Waals surface area contributed by atoms with Gasteiger partial charge in [-0.1, -0.05) is 37.6 Å². The lowest BCUT2D eigenvalue weighted by molar-refractivity contribution is 0.0764. The van der Waals surface area contributed by atoms with Gasteiger partial charge in [0.25, 0.3) is 5.91 Å². The van der Waals surface area contributed by atoms with Gasteiger partial charge in [0.2, 0.25) is 0 Å². The molecule has 1 aromatic carbocycles. The minimum Gasteiger partial charge on any atom is -0.339 e. The normalized spacial score (nSPS) is 10.9. The average Bonchev–Trinajstić information content (AvgIpc) is 3.16. The number of unbranched alkanes of at least 4 members (excludes halogenated alkanes) is 1. The van der Waals surface area contributed by atoms with E-state index in [9.17, 15) is 4.79 Å². The van der Waals surface area contributed by atoms with E-state index in [0.717, 1.165) is 53.0 Å². The number of carbonyl (C=O) groups is 1. The van der Waals surface area contributed by atoms with Gasteiger partial charge in [0.15, 0.2) is 0 Å². The summed E-state index contributed by atoms with van der Waals surface area (Å²) in [4.78, 5) is 20.9. The van der Waals surface area contributed by atoms with Crippen LogP contribution in [-0.2, 0) is 0 Å². The van der Waals surface area contributed by atoms with E-state index in [1.54, 1.807) is 11.3 Å². The summed E-state index contributed by atoms with van der Waals surface area (Å²) < 4.78 is 0. The Hall–Kier alpha value is -2.20. The number of aromatic nitrogens is 1. The quantitative estimate of drug-likeness (QED) is 0.617. The van der Waals surface area contributed by atoms with Crippen LogP contribution in [0.25, 0.3) is 21.5 Å². The highest BCUT2D eigenvalue weighted by atomic mass is 32.1. The van der Waals surface area contributed by atoms with Crippen LogP contribution in [0.4, 0.5) is 0 Å². The third-order valence-corrected chi connectivity index (χ3v) is 5.06. The Labute approximate surface area is 147 Å². The van der Waals surface area contributed by atoms with Crippen LogP contribution in [0.2, 0.25) is 0 Å². The van der Waals surface area contributed by atoms with Gasteiger partial charge in [-0.05, 0) is 36.9 Å². The fourth-order valence-corrected chi connectivity index (χ4v) is 3.51. The summed E-state index contributed by atoms with van der Waals surface area (Å²) >= 11 is 1.65. The molecular weight excluding hydrogens is 316 g/mol. The van der Waals surface area contributed by atoms with Crippen LogP contribution in [0.1, 0.15) is 37.0 Å². The van der Waals surface area contributed by atoms with Crippen molar-refractivity contribution in [2.45, 2.75) is 26.7 Å². The molecule has 0 bridgehead atoms. The largest absolute Gasteiger partial charge is 0.339 e. The van der Waals surface area contributed by atoms with E-state index in [1.807, 2.05) is 59.7 Å². The van der Waals surface area contributed by atoms with E-state index in [2.05, 4.69) is 6.92 Å². The number of hydrogen-bond acceptors (Lipinski definition) is 3. The monoisotopic (exact) mass is 338 g/mol. The first-order valence-electron chi connectivity index (χ1n) is 8.47. The molecule has 2 aromatic heterocycles. The maximum atomic E-state index is 13.1. The summed E-state index contributed by atoms with van der Waals surface area (Å²) in [7, 11) is 0. The Balaban J connectivity index is 2.09. The summed E-state index contributed by atoms with van der Waals surface area (Å²) in [5, 5.41) is 2.96. The molecule has 3 rings (SSSR count). The van der Waals surface area contributed by atoms with Crippen LogP contribution < -0.4 is 0 Å². The number of carbonyl (C=O) groups excluding carboxylic acids is 1. The predicted molar refractivity (Wildman–Crippen MR) is 102 cm³/mol. The SMILES string of the molecule is CCCCN(CC)C(=O)c1cc(-c2cccs2)nc2ccccc12. The number of rotatable bonds is 6. The average molecular weight is 338 g/mol. The molecule has 0 radical (unpaired) electrons. The molecule has 0 aliphatic carbocycles. The first kappa shape index (κ1) is 16.7. The molecule has 3 nitrogen and oxygen atoms in total. The van der Waals surface area contributed by atoms with E-state index in [-0.39, 0.29) is 5.91 Å². The van der Waals surface area contributed by atoms with Crippen LogP contribution in [0.15, 0.2) is 47.8 Å². The first-order valence-corrected chi connectivity index (χ1v) is 9.35. The highest BCUT2D eigenvalue weighted by Crippen LogP contribution is 2.28. The van der Waals surface area contributed by atoms with Crippen LogP contribution in [0.5, 0.6) is 0 Å². The minimum atomic E-state index is 0.0994. The number of hydrogen-bond donors (Lipinski definition) is 0. The molecule has 24 heavy (non-hydrogen) atoms. The van der Waals surface area contributed by atoms with Crippen molar-refractivity contribution in [3.63, 3.8) is 0 Å². The Bertz CT molecular complexity index is 827. The van der Waals surface area contributed by atoms with E-state index >= 15 is 0 Å². The number of fused-ring (bicyclic) bond motifs is 1. The van der Waals surface area contributed by atoms with Crippen LogP contribution >= 0.6 is 11.3 Å². The van der Waals surface area contributed by atoms with Gasteiger partial charge < -0.3 is 4.90 Å². The van der Waals surface area contributed by atoms with Gasteiger partial charge >= 0.3 is 0 Å². The van der Waals surface area contributed by atoms with Gasteiger partial charge in [-0.3, -0.25) is 4.79 Å². The van der Waals surface area contributed by atoms with Gasteiger partial charge in [0, 0.05) is 18.5 Å². The van der Waals surface area contributed by atoms with Crippen LogP contribution in [0, 0.1) is 0 Å². The molecule has 0 aliphatic heterocycles. The molecule has 0 atom stereocenters. The number of amides is 1. The Morgan fingerprint density at radius 3 is 2.71 bits per heavy atom. The van der Waals surface area contributed by atoms with Gasteiger partial charge in [-0.2, -0.15) is 0 Å². The third-order valence-electron chi connectivity index (χ3n) is 4.17. The van der Waals surface area contributed by atoms with Crippen molar-refractivity contribution < 1.29 is 4.79 Å².